The van der Waals surface area contributed by atoms with E-state index in [1.54, 1.807) is 0 Å². The second-order valence-corrected chi connectivity index (χ2v) is 12.9. The van der Waals surface area contributed by atoms with Crippen molar-refractivity contribution in [1.29, 1.82) is 0 Å². The summed E-state index contributed by atoms with van der Waals surface area (Å²) in [5.41, 5.74) is 5.22. The van der Waals surface area contributed by atoms with Crippen LogP contribution in [-0.4, -0.2) is 36.0 Å². The van der Waals surface area contributed by atoms with E-state index >= 15 is 0 Å². The third-order valence-electron chi connectivity index (χ3n) is 4.99. The maximum atomic E-state index is 9.24. The van der Waals surface area contributed by atoms with Crippen LogP contribution in [0.5, 0.6) is 0 Å². The molecule has 0 aromatic heterocycles. The molecule has 31 heavy (non-hydrogen) atoms. The number of ether oxygens (including phenoxy) is 1. The van der Waals surface area contributed by atoms with E-state index < -0.39 is 0 Å². The number of hydrogen-bond acceptors (Lipinski definition) is 4. The van der Waals surface area contributed by atoms with Gasteiger partial charge in [-0.25, -0.2) is 9.98 Å². The topological polar surface area (TPSA) is 54.2 Å². The van der Waals surface area contributed by atoms with Crippen LogP contribution in [0.15, 0.2) is 58.5 Å². The Hall–Kier alpha value is -1.01. The molecular formula is C24H30Br2N2NiO2. The van der Waals surface area contributed by atoms with E-state index in [9.17, 15) is 5.11 Å². The zero-order chi connectivity index (χ0) is 22.8. The SMILES string of the molecule is CC(C)c1cccc(C(C)C)c1N=C(C1=N[C@@H](CCO)CO1)c1ccccc1.[Br][Ni][Br]. The van der Waals surface area contributed by atoms with Crippen LogP contribution in [0.3, 0.4) is 0 Å². The van der Waals surface area contributed by atoms with Gasteiger partial charge in [-0.1, -0.05) is 76.2 Å². The summed E-state index contributed by atoms with van der Waals surface area (Å²) in [7, 11) is 1.25. The van der Waals surface area contributed by atoms with Gasteiger partial charge in [0.25, 0.3) is 0 Å². The molecule has 1 heterocycles. The normalized spacial score (nSPS) is 16.2. The molecule has 0 aliphatic carbocycles. The molecule has 3 rings (SSSR count). The van der Waals surface area contributed by atoms with Gasteiger partial charge in [0.15, 0.2) is 0 Å². The molecule has 1 N–H and O–H groups in total. The second kappa shape index (κ2) is 13.5. The van der Waals surface area contributed by atoms with Crippen LogP contribution in [0.1, 0.15) is 62.6 Å². The Bertz CT molecular complexity index is 860. The van der Waals surface area contributed by atoms with Gasteiger partial charge in [0.1, 0.15) is 12.3 Å². The molecule has 1 atom stereocenters. The standard InChI is InChI=1S/C24H30N2O2.2BrH.Ni/c1-16(2)20-11-8-12-21(17(3)4)23(20)26-22(18-9-6-5-7-10-18)24-25-19(13-14-27)15-28-24;;;/h5-12,16-17,19,27H,13-15H2,1-4H3;2*1H;/q;;;+2/p-2/t19-;;;/m0.../s1. The third-order valence-corrected chi connectivity index (χ3v) is 4.99. The number of aliphatic hydroxyl groups excluding tert-OH is 1. The molecule has 1 aliphatic rings. The van der Waals surface area contributed by atoms with Crippen LogP contribution in [0.4, 0.5) is 5.69 Å². The molecule has 0 saturated heterocycles. The van der Waals surface area contributed by atoms with Gasteiger partial charge in [0.2, 0.25) is 5.90 Å². The molecule has 2 aromatic rings. The van der Waals surface area contributed by atoms with Crippen molar-refractivity contribution >= 4 is 45.7 Å². The van der Waals surface area contributed by atoms with Crippen LogP contribution >= 0.6 is 28.5 Å². The summed E-state index contributed by atoms with van der Waals surface area (Å²) in [4.78, 5) is 9.85. The fraction of sp³-hybridized carbons (Fsp3) is 0.417. The van der Waals surface area contributed by atoms with Gasteiger partial charge in [-0.2, -0.15) is 0 Å². The Morgan fingerprint density at radius 3 is 2.16 bits per heavy atom. The van der Waals surface area contributed by atoms with Crippen molar-refractivity contribution in [1.82, 2.24) is 0 Å². The zero-order valence-electron chi connectivity index (χ0n) is 18.3. The Morgan fingerprint density at radius 1 is 1.06 bits per heavy atom. The molecule has 0 unspecified atom stereocenters. The first kappa shape index (κ1) is 26.2. The zero-order valence-corrected chi connectivity index (χ0v) is 22.5. The van der Waals surface area contributed by atoms with Crippen molar-refractivity contribution in [3.8, 4) is 0 Å². The van der Waals surface area contributed by atoms with Crippen molar-refractivity contribution in [3.05, 3.63) is 65.2 Å². The number of para-hydroxylation sites is 1. The van der Waals surface area contributed by atoms with Gasteiger partial charge in [-0.3, -0.25) is 0 Å². The van der Waals surface area contributed by atoms with E-state index in [1.807, 2.05) is 30.3 Å². The van der Waals surface area contributed by atoms with E-state index in [1.165, 1.54) is 22.0 Å². The van der Waals surface area contributed by atoms with Gasteiger partial charge >= 0.3 is 39.3 Å². The van der Waals surface area contributed by atoms with Gasteiger partial charge in [-0.05, 0) is 29.4 Å². The molecule has 0 amide bonds. The average Bonchev–Trinajstić information content (AvgIpc) is 3.21. The average molecular weight is 597 g/mol. The number of rotatable bonds is 7. The summed E-state index contributed by atoms with van der Waals surface area (Å²) in [5.74, 6) is 1.30. The molecular weight excluding hydrogens is 567 g/mol. The van der Waals surface area contributed by atoms with Gasteiger partial charge in [0.05, 0.1) is 11.7 Å². The van der Waals surface area contributed by atoms with Crippen molar-refractivity contribution < 1.29 is 20.7 Å². The number of aliphatic imine (C=N–C) groups is 2. The molecule has 172 valence electrons. The Balaban J connectivity index is 0.00000107. The molecule has 0 radical (unpaired) electrons. The summed E-state index contributed by atoms with van der Waals surface area (Å²) < 4.78 is 5.92. The summed E-state index contributed by atoms with van der Waals surface area (Å²) in [6.45, 7) is 9.38. The second-order valence-electron chi connectivity index (χ2n) is 7.88. The molecule has 0 saturated carbocycles. The van der Waals surface area contributed by atoms with E-state index in [-0.39, 0.29) is 12.6 Å². The van der Waals surface area contributed by atoms with Crippen LogP contribution < -0.4 is 0 Å². The Labute approximate surface area is 206 Å². The minimum atomic E-state index is -0.0150. The molecule has 7 heteroatoms. The van der Waals surface area contributed by atoms with Gasteiger partial charge < -0.3 is 9.84 Å². The van der Waals surface area contributed by atoms with E-state index in [4.69, 9.17) is 14.7 Å². The first-order chi connectivity index (χ1) is 14.9. The molecule has 1 aliphatic heterocycles. The number of hydrogen-bond donors (Lipinski definition) is 1. The predicted octanol–water partition coefficient (Wildman–Crippen LogP) is 6.92. The van der Waals surface area contributed by atoms with Crippen LogP contribution in [0.2, 0.25) is 0 Å². The van der Waals surface area contributed by atoms with Crippen molar-refractivity contribution in [2.45, 2.75) is 52.0 Å². The third kappa shape index (κ3) is 7.52. The Morgan fingerprint density at radius 2 is 1.65 bits per heavy atom. The van der Waals surface area contributed by atoms with Gasteiger partial charge in [-0.15, -0.1) is 0 Å². The molecule has 4 nitrogen and oxygen atoms in total. The van der Waals surface area contributed by atoms with Crippen LogP contribution in [0, 0.1) is 0 Å². The molecule has 0 bridgehead atoms. The number of aliphatic hydroxyl groups is 1. The summed E-state index contributed by atoms with van der Waals surface area (Å²) >= 11 is 6.00. The van der Waals surface area contributed by atoms with Crippen molar-refractivity contribution in [2.75, 3.05) is 13.2 Å². The quantitative estimate of drug-likeness (QED) is 0.279. The van der Waals surface area contributed by atoms with E-state index in [0.717, 1.165) is 17.0 Å². The number of halogens is 2. The maximum absolute atomic E-state index is 9.24. The molecule has 0 fully saturated rings. The number of nitrogens with zero attached hydrogens (tertiary/aromatic N) is 2. The summed E-state index contributed by atoms with van der Waals surface area (Å²) in [6, 6.07) is 16.5. The van der Waals surface area contributed by atoms with Gasteiger partial charge in [0, 0.05) is 12.2 Å². The van der Waals surface area contributed by atoms with E-state index in [2.05, 4.69) is 74.3 Å². The molecule has 0 spiro atoms. The first-order valence-electron chi connectivity index (χ1n) is 10.3. The summed E-state index contributed by atoms with van der Waals surface area (Å²) in [6.07, 6.45) is 0.603. The van der Waals surface area contributed by atoms with Crippen molar-refractivity contribution in [2.24, 2.45) is 9.98 Å². The van der Waals surface area contributed by atoms with Crippen LogP contribution in [0.25, 0.3) is 0 Å². The van der Waals surface area contributed by atoms with E-state index in [0.29, 0.717) is 30.8 Å². The fourth-order valence-corrected chi connectivity index (χ4v) is 3.43. The van der Waals surface area contributed by atoms with Crippen molar-refractivity contribution in [3.63, 3.8) is 0 Å². The molecule has 2 aromatic carbocycles. The summed E-state index contributed by atoms with van der Waals surface area (Å²) in [5, 5.41) is 9.24. The number of benzene rings is 2. The minimum absolute atomic E-state index is 0.0150. The fourth-order valence-electron chi connectivity index (χ4n) is 3.43. The Kier molecular flexibility index (Phi) is 11.4. The predicted molar refractivity (Wildman–Crippen MR) is 134 cm³/mol. The first-order valence-corrected chi connectivity index (χ1v) is 15.2. The monoisotopic (exact) mass is 594 g/mol. The van der Waals surface area contributed by atoms with Crippen LogP contribution in [-0.2, 0) is 15.6 Å².